The number of rotatable bonds is 4. The molecule has 0 amide bonds. The zero-order valence-corrected chi connectivity index (χ0v) is 11.7. The highest BCUT2D eigenvalue weighted by Gasteiger charge is 2.17. The third kappa shape index (κ3) is 3.29. The molecule has 2 rings (SSSR count). The zero-order valence-electron chi connectivity index (χ0n) is 10.9. The predicted octanol–water partition coefficient (Wildman–Crippen LogP) is 4.23. The largest absolute Gasteiger partial charge is 0.455 e. The average Bonchev–Trinajstić information content (AvgIpc) is 2.40. The first-order valence-electron chi connectivity index (χ1n) is 5.98. The Kier molecular flexibility index (Phi) is 4.40. The molecule has 0 fully saturated rings. The molecule has 21 heavy (non-hydrogen) atoms. The third-order valence-electron chi connectivity index (χ3n) is 2.78. The van der Waals surface area contributed by atoms with Crippen LogP contribution in [0.3, 0.4) is 0 Å². The second kappa shape index (κ2) is 6.07. The first-order chi connectivity index (χ1) is 9.90. The van der Waals surface area contributed by atoms with E-state index >= 15 is 0 Å². The summed E-state index contributed by atoms with van der Waals surface area (Å²) in [6.07, 6.45) is -1.10. The molecule has 0 aliphatic carbocycles. The molecule has 110 valence electrons. The van der Waals surface area contributed by atoms with Gasteiger partial charge in [-0.1, -0.05) is 17.7 Å². The van der Waals surface area contributed by atoms with Gasteiger partial charge in [0.25, 0.3) is 5.69 Å². The summed E-state index contributed by atoms with van der Waals surface area (Å²) in [6.45, 7) is 1.39. The van der Waals surface area contributed by atoms with Gasteiger partial charge in [0.1, 0.15) is 11.6 Å². The van der Waals surface area contributed by atoms with Crippen molar-refractivity contribution in [2.75, 3.05) is 0 Å². The van der Waals surface area contributed by atoms with Crippen LogP contribution in [0.5, 0.6) is 11.5 Å². The van der Waals surface area contributed by atoms with Gasteiger partial charge in [0.15, 0.2) is 5.75 Å². The van der Waals surface area contributed by atoms with Crippen molar-refractivity contribution in [2.45, 2.75) is 13.0 Å². The van der Waals surface area contributed by atoms with Crippen LogP contribution in [-0.2, 0) is 0 Å². The van der Waals surface area contributed by atoms with E-state index in [1.165, 1.54) is 37.3 Å². The summed E-state index contributed by atoms with van der Waals surface area (Å²) >= 11 is 5.92. The number of aliphatic hydroxyl groups is 1. The van der Waals surface area contributed by atoms with Gasteiger partial charge in [0, 0.05) is 6.07 Å². The minimum Gasteiger partial charge on any atom is -0.455 e. The van der Waals surface area contributed by atoms with E-state index in [0.717, 1.165) is 6.07 Å². The third-order valence-corrected chi connectivity index (χ3v) is 3.09. The normalized spacial score (nSPS) is 12.0. The molecule has 1 N–H and O–H groups in total. The van der Waals surface area contributed by atoms with Crippen molar-refractivity contribution in [3.63, 3.8) is 0 Å². The minimum absolute atomic E-state index is 0.0124. The summed E-state index contributed by atoms with van der Waals surface area (Å²) in [5.74, 6) is -0.574. The van der Waals surface area contributed by atoms with E-state index in [1.807, 2.05) is 0 Å². The molecule has 2 aromatic rings. The van der Waals surface area contributed by atoms with Crippen LogP contribution in [0.25, 0.3) is 0 Å². The van der Waals surface area contributed by atoms with Crippen LogP contribution in [0, 0.1) is 15.9 Å². The maximum Gasteiger partial charge on any atom is 0.273 e. The smallest absolute Gasteiger partial charge is 0.273 e. The Morgan fingerprint density at radius 3 is 2.67 bits per heavy atom. The number of nitro groups is 1. The Bertz CT molecular complexity index is 691. The number of halogens is 2. The van der Waals surface area contributed by atoms with Crippen molar-refractivity contribution in [3.8, 4) is 11.5 Å². The standard InChI is InChI=1S/C14H11ClFNO4/c1-8(18)14-11(16)3-2-4-12(14)21-13-7-9(17(19)20)5-6-10(13)15/h2-8,18H,1H3/t8-/m1/s1. The van der Waals surface area contributed by atoms with E-state index in [2.05, 4.69) is 0 Å². The van der Waals surface area contributed by atoms with Crippen molar-refractivity contribution < 1.29 is 19.2 Å². The molecule has 0 saturated heterocycles. The Morgan fingerprint density at radius 2 is 2.05 bits per heavy atom. The summed E-state index contributed by atoms with van der Waals surface area (Å²) in [4.78, 5) is 10.2. The van der Waals surface area contributed by atoms with Crippen LogP contribution >= 0.6 is 11.6 Å². The highest BCUT2D eigenvalue weighted by molar-refractivity contribution is 6.32. The number of benzene rings is 2. The van der Waals surface area contributed by atoms with E-state index in [0.29, 0.717) is 0 Å². The molecule has 0 aliphatic heterocycles. The quantitative estimate of drug-likeness (QED) is 0.677. The maximum atomic E-state index is 13.7. The highest BCUT2D eigenvalue weighted by atomic mass is 35.5. The molecule has 5 nitrogen and oxygen atoms in total. The number of hydrogen-bond donors (Lipinski definition) is 1. The lowest BCUT2D eigenvalue weighted by Gasteiger charge is -2.14. The van der Waals surface area contributed by atoms with Gasteiger partial charge in [0.2, 0.25) is 0 Å². The lowest BCUT2D eigenvalue weighted by Crippen LogP contribution is -2.00. The lowest BCUT2D eigenvalue weighted by molar-refractivity contribution is -0.384. The van der Waals surface area contributed by atoms with Crippen molar-refractivity contribution in [1.29, 1.82) is 0 Å². The van der Waals surface area contributed by atoms with Gasteiger partial charge in [-0.05, 0) is 25.1 Å². The fourth-order valence-electron chi connectivity index (χ4n) is 1.81. The molecule has 0 radical (unpaired) electrons. The van der Waals surface area contributed by atoms with Gasteiger partial charge in [-0.15, -0.1) is 0 Å². The minimum atomic E-state index is -1.10. The van der Waals surface area contributed by atoms with E-state index in [4.69, 9.17) is 16.3 Å². The second-order valence-electron chi connectivity index (χ2n) is 4.30. The van der Waals surface area contributed by atoms with Crippen molar-refractivity contribution >= 4 is 17.3 Å². The molecule has 0 heterocycles. The number of aliphatic hydroxyl groups excluding tert-OH is 1. The van der Waals surface area contributed by atoms with Crippen LogP contribution in [0.15, 0.2) is 36.4 Å². The molecule has 0 aromatic heterocycles. The number of nitro benzene ring substituents is 1. The fraction of sp³-hybridized carbons (Fsp3) is 0.143. The molecular formula is C14H11ClFNO4. The summed E-state index contributed by atoms with van der Waals surface area (Å²) in [5, 5.41) is 20.5. The topological polar surface area (TPSA) is 72.6 Å². The van der Waals surface area contributed by atoms with Crippen LogP contribution in [0.2, 0.25) is 5.02 Å². The summed E-state index contributed by atoms with van der Waals surface area (Å²) < 4.78 is 19.2. The molecular weight excluding hydrogens is 301 g/mol. The van der Waals surface area contributed by atoms with E-state index in [1.54, 1.807) is 0 Å². The Balaban J connectivity index is 2.45. The zero-order chi connectivity index (χ0) is 15.6. The SMILES string of the molecule is C[C@@H](O)c1c(F)cccc1Oc1cc([N+](=O)[O-])ccc1Cl. The Labute approximate surface area is 124 Å². The molecule has 0 aliphatic rings. The van der Waals surface area contributed by atoms with Crippen LogP contribution in [0.1, 0.15) is 18.6 Å². The molecule has 7 heteroatoms. The number of non-ortho nitro benzene ring substituents is 1. The van der Waals surface area contributed by atoms with Crippen LogP contribution in [-0.4, -0.2) is 10.0 Å². The van der Waals surface area contributed by atoms with Crippen molar-refractivity contribution in [2.24, 2.45) is 0 Å². The number of hydrogen-bond acceptors (Lipinski definition) is 4. The lowest BCUT2D eigenvalue weighted by atomic mass is 10.1. The Hall–Kier alpha value is -2.18. The van der Waals surface area contributed by atoms with E-state index in [9.17, 15) is 19.6 Å². The first-order valence-corrected chi connectivity index (χ1v) is 6.36. The summed E-state index contributed by atoms with van der Waals surface area (Å²) in [5.41, 5.74) is -0.246. The molecule has 0 spiro atoms. The fourth-order valence-corrected chi connectivity index (χ4v) is 1.97. The molecule has 0 bridgehead atoms. The van der Waals surface area contributed by atoms with Gasteiger partial charge >= 0.3 is 0 Å². The van der Waals surface area contributed by atoms with E-state index < -0.39 is 16.8 Å². The highest BCUT2D eigenvalue weighted by Crippen LogP contribution is 2.36. The molecule has 2 aromatic carbocycles. The van der Waals surface area contributed by atoms with Gasteiger partial charge in [-0.25, -0.2) is 4.39 Å². The molecule has 1 atom stereocenters. The van der Waals surface area contributed by atoms with Crippen molar-refractivity contribution in [1.82, 2.24) is 0 Å². The second-order valence-corrected chi connectivity index (χ2v) is 4.71. The summed E-state index contributed by atoms with van der Waals surface area (Å²) in [6, 6.07) is 7.72. The Morgan fingerprint density at radius 1 is 1.33 bits per heavy atom. The summed E-state index contributed by atoms with van der Waals surface area (Å²) in [7, 11) is 0. The first kappa shape index (κ1) is 15.2. The van der Waals surface area contributed by atoms with Crippen molar-refractivity contribution in [3.05, 3.63) is 62.9 Å². The van der Waals surface area contributed by atoms with Gasteiger partial charge in [-0.3, -0.25) is 10.1 Å². The van der Waals surface area contributed by atoms with Crippen LogP contribution < -0.4 is 4.74 Å². The molecule has 0 saturated carbocycles. The van der Waals surface area contributed by atoms with Gasteiger partial charge < -0.3 is 9.84 Å². The average molecular weight is 312 g/mol. The van der Waals surface area contributed by atoms with Gasteiger partial charge in [-0.2, -0.15) is 0 Å². The maximum absolute atomic E-state index is 13.7. The number of ether oxygens (including phenoxy) is 1. The molecule has 0 unspecified atom stereocenters. The van der Waals surface area contributed by atoms with E-state index in [-0.39, 0.29) is 27.8 Å². The predicted molar refractivity (Wildman–Crippen MR) is 75.2 cm³/mol. The van der Waals surface area contributed by atoms with Gasteiger partial charge in [0.05, 0.1) is 27.7 Å². The number of nitrogens with zero attached hydrogens (tertiary/aromatic N) is 1. The van der Waals surface area contributed by atoms with Crippen LogP contribution in [0.4, 0.5) is 10.1 Å². The monoisotopic (exact) mass is 311 g/mol.